The molecule has 7 heteroatoms. The summed E-state index contributed by atoms with van der Waals surface area (Å²) in [4.78, 5) is 25.9. The first-order chi connectivity index (χ1) is 11.1. The van der Waals surface area contributed by atoms with Crippen LogP contribution in [0.15, 0.2) is 43.0 Å². The van der Waals surface area contributed by atoms with Gasteiger partial charge in [-0.05, 0) is 17.8 Å². The number of likely N-dealkylation sites (tertiary alicyclic amines) is 1. The van der Waals surface area contributed by atoms with Crippen molar-refractivity contribution in [3.63, 3.8) is 0 Å². The van der Waals surface area contributed by atoms with Crippen LogP contribution in [0.2, 0.25) is 0 Å². The molecule has 0 bridgehead atoms. The van der Waals surface area contributed by atoms with Gasteiger partial charge >= 0.3 is 0 Å². The van der Waals surface area contributed by atoms with E-state index in [1.54, 1.807) is 11.0 Å². The van der Waals surface area contributed by atoms with Crippen LogP contribution in [0.4, 0.5) is 0 Å². The number of amides is 2. The van der Waals surface area contributed by atoms with E-state index in [-0.39, 0.29) is 24.2 Å². The number of hydrogen-bond donors (Lipinski definition) is 3. The summed E-state index contributed by atoms with van der Waals surface area (Å²) in [7, 11) is 0. The lowest BCUT2D eigenvalue weighted by molar-refractivity contribution is -0.129. The maximum Gasteiger partial charge on any atom is 0.243 e. The molecule has 2 rings (SSSR count). The van der Waals surface area contributed by atoms with Gasteiger partial charge in [0.25, 0.3) is 0 Å². The zero-order valence-corrected chi connectivity index (χ0v) is 13.6. The van der Waals surface area contributed by atoms with Crippen molar-refractivity contribution in [2.45, 2.75) is 13.0 Å². The third-order valence-electron chi connectivity index (χ3n) is 3.51. The van der Waals surface area contributed by atoms with Crippen molar-refractivity contribution in [1.82, 2.24) is 21.1 Å². The van der Waals surface area contributed by atoms with Crippen LogP contribution in [-0.4, -0.2) is 34.9 Å². The molecule has 23 heavy (non-hydrogen) atoms. The van der Waals surface area contributed by atoms with E-state index in [1.807, 2.05) is 30.3 Å². The molecule has 6 nitrogen and oxygen atoms in total. The van der Waals surface area contributed by atoms with Gasteiger partial charge in [-0.25, -0.2) is 0 Å². The van der Waals surface area contributed by atoms with E-state index in [2.05, 4.69) is 22.7 Å². The molecule has 1 aromatic carbocycles. The van der Waals surface area contributed by atoms with Crippen molar-refractivity contribution in [2.75, 3.05) is 13.1 Å². The summed E-state index contributed by atoms with van der Waals surface area (Å²) in [6, 6.07) is 9.72. The maximum absolute atomic E-state index is 12.1. The molecule has 1 fully saturated rings. The number of rotatable bonds is 5. The van der Waals surface area contributed by atoms with Crippen LogP contribution in [0, 0.1) is 5.92 Å². The topological polar surface area (TPSA) is 73.5 Å². The first-order valence-corrected chi connectivity index (χ1v) is 7.77. The Balaban J connectivity index is 1.80. The molecule has 0 aliphatic carbocycles. The number of carbonyl (C=O) groups excluding carboxylic acids is 2. The molecule has 1 unspecified atom stereocenters. The smallest absolute Gasteiger partial charge is 0.243 e. The van der Waals surface area contributed by atoms with Crippen molar-refractivity contribution >= 4 is 29.1 Å². The number of carbonyl (C=O) groups is 2. The maximum atomic E-state index is 12.1. The third kappa shape index (κ3) is 5.07. The van der Waals surface area contributed by atoms with Crippen LogP contribution in [0.5, 0.6) is 0 Å². The lowest BCUT2D eigenvalue weighted by Gasteiger charge is -2.17. The molecule has 122 valence electrons. The molecule has 0 spiro atoms. The van der Waals surface area contributed by atoms with Crippen LogP contribution in [0.25, 0.3) is 0 Å². The fraction of sp³-hybridized carbons (Fsp3) is 0.312. The average molecular weight is 332 g/mol. The standard InChI is InChI=1S/C16H20N4O2S/c1-2-8-17-16(23)19-18-15(22)13-9-14(21)20(11-13)10-12-6-4-3-5-7-12/h2-7,13H,1,8-11H2,(H,18,22)(H2,17,19,23). The number of hydrogen-bond acceptors (Lipinski definition) is 3. The first kappa shape index (κ1) is 17.0. The fourth-order valence-electron chi connectivity index (χ4n) is 2.33. The Kier molecular flexibility index (Phi) is 6.10. The van der Waals surface area contributed by atoms with E-state index in [9.17, 15) is 9.59 Å². The molecular formula is C16H20N4O2S. The van der Waals surface area contributed by atoms with Crippen LogP contribution in [-0.2, 0) is 16.1 Å². The van der Waals surface area contributed by atoms with Gasteiger partial charge < -0.3 is 10.2 Å². The van der Waals surface area contributed by atoms with Crippen molar-refractivity contribution < 1.29 is 9.59 Å². The molecular weight excluding hydrogens is 312 g/mol. The second-order valence-electron chi connectivity index (χ2n) is 5.27. The molecule has 3 N–H and O–H groups in total. The van der Waals surface area contributed by atoms with Crippen LogP contribution >= 0.6 is 12.2 Å². The van der Waals surface area contributed by atoms with Gasteiger partial charge in [0.2, 0.25) is 11.8 Å². The number of thiocarbonyl (C=S) groups is 1. The van der Waals surface area contributed by atoms with Gasteiger partial charge in [-0.1, -0.05) is 36.4 Å². The Morgan fingerprint density at radius 1 is 1.35 bits per heavy atom. The highest BCUT2D eigenvalue weighted by atomic mass is 32.1. The van der Waals surface area contributed by atoms with Crippen LogP contribution in [0.3, 0.4) is 0 Å². The molecule has 0 saturated carbocycles. The van der Waals surface area contributed by atoms with E-state index in [4.69, 9.17) is 12.2 Å². The minimum absolute atomic E-state index is 0.0126. The Morgan fingerprint density at radius 3 is 2.78 bits per heavy atom. The van der Waals surface area contributed by atoms with Crippen molar-refractivity contribution in [3.8, 4) is 0 Å². The molecule has 1 heterocycles. The molecule has 1 aliphatic heterocycles. The predicted octanol–water partition coefficient (Wildman–Crippen LogP) is 0.716. The number of nitrogens with one attached hydrogen (secondary N) is 3. The minimum Gasteiger partial charge on any atom is -0.358 e. The molecule has 1 aromatic rings. The van der Waals surface area contributed by atoms with E-state index in [0.717, 1.165) is 5.56 Å². The largest absolute Gasteiger partial charge is 0.358 e. The van der Waals surface area contributed by atoms with Gasteiger partial charge in [0, 0.05) is 26.1 Å². The summed E-state index contributed by atoms with van der Waals surface area (Å²) in [6.07, 6.45) is 1.88. The second kappa shape index (κ2) is 8.28. The van der Waals surface area contributed by atoms with Crippen molar-refractivity contribution in [1.29, 1.82) is 0 Å². The summed E-state index contributed by atoms with van der Waals surface area (Å²) < 4.78 is 0. The van der Waals surface area contributed by atoms with Crippen molar-refractivity contribution in [3.05, 3.63) is 48.6 Å². The summed E-state index contributed by atoms with van der Waals surface area (Å²) in [5.41, 5.74) is 6.20. The summed E-state index contributed by atoms with van der Waals surface area (Å²) in [6.45, 7) is 5.00. The SMILES string of the molecule is C=CCNC(=S)NNC(=O)C1CC(=O)N(Cc2ccccc2)C1. The summed E-state index contributed by atoms with van der Waals surface area (Å²) in [5, 5.41) is 3.15. The quantitative estimate of drug-likeness (QED) is 0.421. The number of benzene rings is 1. The van der Waals surface area contributed by atoms with E-state index in [1.165, 1.54) is 0 Å². The Hall–Kier alpha value is -2.41. The summed E-state index contributed by atoms with van der Waals surface area (Å²) >= 11 is 4.98. The number of hydrazine groups is 1. The Bertz CT molecular complexity index is 591. The van der Waals surface area contributed by atoms with Gasteiger partial charge in [-0.3, -0.25) is 20.4 Å². The van der Waals surface area contributed by atoms with Gasteiger partial charge in [0.05, 0.1) is 5.92 Å². The second-order valence-corrected chi connectivity index (χ2v) is 5.68. The highest BCUT2D eigenvalue weighted by Gasteiger charge is 2.34. The molecule has 1 aliphatic rings. The Morgan fingerprint density at radius 2 is 2.09 bits per heavy atom. The van der Waals surface area contributed by atoms with E-state index >= 15 is 0 Å². The third-order valence-corrected chi connectivity index (χ3v) is 3.75. The molecule has 0 aromatic heterocycles. The van der Waals surface area contributed by atoms with Crippen molar-refractivity contribution in [2.24, 2.45) is 5.92 Å². The summed E-state index contributed by atoms with van der Waals surface area (Å²) in [5.74, 6) is -0.626. The Labute approximate surface area is 140 Å². The molecule has 0 radical (unpaired) electrons. The lowest BCUT2D eigenvalue weighted by Crippen LogP contribution is -2.49. The fourth-order valence-corrected chi connectivity index (χ4v) is 2.47. The van der Waals surface area contributed by atoms with Gasteiger partial charge in [-0.15, -0.1) is 6.58 Å². The minimum atomic E-state index is -0.374. The molecule has 1 atom stereocenters. The van der Waals surface area contributed by atoms with Crippen LogP contribution in [0.1, 0.15) is 12.0 Å². The molecule has 1 saturated heterocycles. The normalized spacial score (nSPS) is 16.8. The van der Waals surface area contributed by atoms with Gasteiger partial charge in [0.1, 0.15) is 0 Å². The predicted molar refractivity (Wildman–Crippen MR) is 92.0 cm³/mol. The van der Waals surface area contributed by atoms with Gasteiger partial charge in [0.15, 0.2) is 5.11 Å². The van der Waals surface area contributed by atoms with E-state index < -0.39 is 0 Å². The first-order valence-electron chi connectivity index (χ1n) is 7.36. The van der Waals surface area contributed by atoms with Gasteiger partial charge in [-0.2, -0.15) is 0 Å². The highest BCUT2D eigenvalue weighted by Crippen LogP contribution is 2.20. The zero-order chi connectivity index (χ0) is 16.7. The lowest BCUT2D eigenvalue weighted by atomic mass is 10.1. The average Bonchev–Trinajstić information content (AvgIpc) is 2.92. The number of nitrogens with zero attached hydrogens (tertiary/aromatic N) is 1. The van der Waals surface area contributed by atoms with Crippen LogP contribution < -0.4 is 16.2 Å². The monoisotopic (exact) mass is 332 g/mol. The zero-order valence-electron chi connectivity index (χ0n) is 12.7. The molecule has 2 amide bonds. The highest BCUT2D eigenvalue weighted by molar-refractivity contribution is 7.80. The van der Waals surface area contributed by atoms with E-state index in [0.29, 0.717) is 24.7 Å².